The van der Waals surface area contributed by atoms with E-state index in [4.69, 9.17) is 4.74 Å². The molecule has 2 aromatic carbocycles. The highest BCUT2D eigenvalue weighted by Gasteiger charge is 2.30. The average Bonchev–Trinajstić information content (AvgIpc) is 3.35. The Morgan fingerprint density at radius 3 is 2.45 bits per heavy atom. The molecule has 29 heavy (non-hydrogen) atoms. The summed E-state index contributed by atoms with van der Waals surface area (Å²) in [5.41, 5.74) is 4.91. The Morgan fingerprint density at radius 1 is 1.10 bits per heavy atom. The van der Waals surface area contributed by atoms with Crippen molar-refractivity contribution in [3.05, 3.63) is 77.1 Å². The zero-order valence-corrected chi connectivity index (χ0v) is 17.3. The second kappa shape index (κ2) is 8.11. The third-order valence-electron chi connectivity index (χ3n) is 5.46. The van der Waals surface area contributed by atoms with Gasteiger partial charge in [0.1, 0.15) is 5.75 Å². The van der Waals surface area contributed by atoms with E-state index in [1.165, 1.54) is 5.56 Å². The van der Waals surface area contributed by atoms with Crippen LogP contribution >= 0.6 is 0 Å². The van der Waals surface area contributed by atoms with Crippen molar-refractivity contribution >= 4 is 5.91 Å². The lowest BCUT2D eigenvalue weighted by atomic mass is 10.0. The minimum atomic E-state index is 0.0845. The second-order valence-electron chi connectivity index (χ2n) is 7.54. The van der Waals surface area contributed by atoms with Crippen molar-refractivity contribution in [2.45, 2.75) is 39.7 Å². The van der Waals surface area contributed by atoms with Gasteiger partial charge in [0.2, 0.25) is 0 Å². The average molecular weight is 389 g/mol. The molecule has 1 unspecified atom stereocenters. The summed E-state index contributed by atoms with van der Waals surface area (Å²) >= 11 is 0. The first-order valence-corrected chi connectivity index (χ1v) is 10.2. The second-order valence-corrected chi connectivity index (χ2v) is 7.54. The van der Waals surface area contributed by atoms with E-state index in [-0.39, 0.29) is 11.9 Å². The Morgan fingerprint density at radius 2 is 1.83 bits per heavy atom. The van der Waals surface area contributed by atoms with Crippen LogP contribution in [-0.2, 0) is 0 Å². The number of ether oxygens (including phenoxy) is 1. The normalized spacial score (nSPS) is 16.2. The smallest absolute Gasteiger partial charge is 0.254 e. The van der Waals surface area contributed by atoms with Gasteiger partial charge >= 0.3 is 0 Å². The van der Waals surface area contributed by atoms with Gasteiger partial charge in [-0.1, -0.05) is 12.1 Å². The minimum absolute atomic E-state index is 0.0845. The Bertz CT molecular complexity index is 990. The number of likely N-dealkylation sites (tertiary alicyclic amines) is 1. The maximum Gasteiger partial charge on any atom is 0.254 e. The molecule has 3 aromatic rings. The van der Waals surface area contributed by atoms with Gasteiger partial charge in [-0.15, -0.1) is 0 Å². The fourth-order valence-corrected chi connectivity index (χ4v) is 4.11. The fourth-order valence-electron chi connectivity index (χ4n) is 4.11. The Labute approximate surface area is 171 Å². The standard InChI is InChI=1S/C24H27N3O2/c1-4-29-22-13-9-19(10-14-22)23-6-5-15-26(23)24(28)20-7-11-21(12-8-20)27-18(3)16-17(2)25-27/h7-14,16,23H,4-6,15H2,1-3H3. The van der Waals surface area contributed by atoms with E-state index >= 15 is 0 Å². The maximum atomic E-state index is 13.2. The van der Waals surface area contributed by atoms with Gasteiger partial charge in [-0.2, -0.15) is 5.10 Å². The van der Waals surface area contributed by atoms with Crippen LogP contribution in [0.1, 0.15) is 53.1 Å². The molecular weight excluding hydrogens is 362 g/mol. The van der Waals surface area contributed by atoms with Crippen LogP contribution in [0.5, 0.6) is 5.75 Å². The van der Waals surface area contributed by atoms with E-state index in [9.17, 15) is 4.79 Å². The van der Waals surface area contributed by atoms with Crippen molar-refractivity contribution in [1.29, 1.82) is 0 Å². The Kier molecular flexibility index (Phi) is 5.38. The predicted molar refractivity (Wildman–Crippen MR) is 114 cm³/mol. The van der Waals surface area contributed by atoms with Crippen molar-refractivity contribution in [2.24, 2.45) is 0 Å². The van der Waals surface area contributed by atoms with Crippen LogP contribution < -0.4 is 4.74 Å². The number of aromatic nitrogens is 2. The number of carbonyl (C=O) groups excluding carboxylic acids is 1. The number of rotatable bonds is 5. The molecule has 0 bridgehead atoms. The number of carbonyl (C=O) groups is 1. The number of benzene rings is 2. The Balaban J connectivity index is 1.53. The molecule has 1 aliphatic heterocycles. The van der Waals surface area contributed by atoms with Crippen LogP contribution in [0.3, 0.4) is 0 Å². The largest absolute Gasteiger partial charge is 0.494 e. The van der Waals surface area contributed by atoms with E-state index in [1.54, 1.807) is 0 Å². The van der Waals surface area contributed by atoms with Gasteiger partial charge in [0.25, 0.3) is 5.91 Å². The first-order chi connectivity index (χ1) is 14.1. The fraction of sp³-hybridized carbons (Fsp3) is 0.333. The molecule has 0 radical (unpaired) electrons. The van der Waals surface area contributed by atoms with E-state index in [1.807, 2.05) is 72.8 Å². The minimum Gasteiger partial charge on any atom is -0.494 e. The van der Waals surface area contributed by atoms with Gasteiger partial charge in [0.05, 0.1) is 24.0 Å². The molecule has 1 amide bonds. The molecule has 1 saturated heterocycles. The molecule has 1 atom stereocenters. The number of hydrogen-bond acceptors (Lipinski definition) is 3. The third kappa shape index (κ3) is 3.90. The summed E-state index contributed by atoms with van der Waals surface area (Å²) in [6.45, 7) is 7.43. The van der Waals surface area contributed by atoms with Crippen molar-refractivity contribution < 1.29 is 9.53 Å². The SMILES string of the molecule is CCOc1ccc(C2CCCN2C(=O)c2ccc(-n3nc(C)cc3C)cc2)cc1. The molecule has 0 spiro atoms. The molecular formula is C24H27N3O2. The van der Waals surface area contributed by atoms with E-state index in [0.29, 0.717) is 12.2 Å². The lowest BCUT2D eigenvalue weighted by Gasteiger charge is -2.25. The summed E-state index contributed by atoms with van der Waals surface area (Å²) in [7, 11) is 0. The number of aryl methyl sites for hydroxylation is 2. The molecule has 5 heteroatoms. The molecule has 0 N–H and O–H groups in total. The summed E-state index contributed by atoms with van der Waals surface area (Å²) in [6.07, 6.45) is 2.01. The molecule has 150 valence electrons. The van der Waals surface area contributed by atoms with Crippen molar-refractivity contribution in [2.75, 3.05) is 13.2 Å². The summed E-state index contributed by atoms with van der Waals surface area (Å²) < 4.78 is 7.44. The van der Waals surface area contributed by atoms with Gasteiger partial charge in [0.15, 0.2) is 0 Å². The molecule has 5 nitrogen and oxygen atoms in total. The lowest BCUT2D eigenvalue weighted by Crippen LogP contribution is -2.30. The van der Waals surface area contributed by atoms with Crippen LogP contribution in [0.2, 0.25) is 0 Å². The topological polar surface area (TPSA) is 47.4 Å². The zero-order valence-electron chi connectivity index (χ0n) is 17.3. The summed E-state index contributed by atoms with van der Waals surface area (Å²) in [5, 5.41) is 4.52. The van der Waals surface area contributed by atoms with Crippen LogP contribution in [0.25, 0.3) is 5.69 Å². The summed E-state index contributed by atoms with van der Waals surface area (Å²) in [4.78, 5) is 15.2. The van der Waals surface area contributed by atoms with Gasteiger partial charge in [0, 0.05) is 17.8 Å². The van der Waals surface area contributed by atoms with E-state index < -0.39 is 0 Å². The molecule has 1 fully saturated rings. The van der Waals surface area contributed by atoms with Crippen LogP contribution in [0.4, 0.5) is 0 Å². The van der Waals surface area contributed by atoms with Crippen molar-refractivity contribution in [1.82, 2.24) is 14.7 Å². The third-order valence-corrected chi connectivity index (χ3v) is 5.46. The first-order valence-electron chi connectivity index (χ1n) is 10.2. The zero-order chi connectivity index (χ0) is 20.4. The predicted octanol–water partition coefficient (Wildman–Crippen LogP) is 4.87. The highest BCUT2D eigenvalue weighted by molar-refractivity contribution is 5.94. The maximum absolute atomic E-state index is 13.2. The van der Waals surface area contributed by atoms with Gasteiger partial charge in [-0.05, 0) is 81.6 Å². The van der Waals surface area contributed by atoms with E-state index in [0.717, 1.165) is 42.2 Å². The van der Waals surface area contributed by atoms with Gasteiger partial charge < -0.3 is 9.64 Å². The monoisotopic (exact) mass is 389 g/mol. The van der Waals surface area contributed by atoms with Gasteiger partial charge in [-0.25, -0.2) is 4.68 Å². The Hall–Kier alpha value is -3.08. The molecule has 4 rings (SSSR count). The molecule has 1 aromatic heterocycles. The van der Waals surface area contributed by atoms with E-state index in [2.05, 4.69) is 17.2 Å². The van der Waals surface area contributed by atoms with Crippen LogP contribution in [0, 0.1) is 13.8 Å². The van der Waals surface area contributed by atoms with Crippen molar-refractivity contribution in [3.63, 3.8) is 0 Å². The number of hydrogen-bond donors (Lipinski definition) is 0. The molecule has 0 aliphatic carbocycles. The molecule has 2 heterocycles. The quantitative estimate of drug-likeness (QED) is 0.626. The van der Waals surface area contributed by atoms with Gasteiger partial charge in [-0.3, -0.25) is 4.79 Å². The number of nitrogens with zero attached hydrogens (tertiary/aromatic N) is 3. The highest BCUT2D eigenvalue weighted by Crippen LogP contribution is 2.34. The first kappa shape index (κ1) is 19.2. The number of amides is 1. The molecule has 1 aliphatic rings. The summed E-state index contributed by atoms with van der Waals surface area (Å²) in [5.74, 6) is 0.952. The summed E-state index contributed by atoms with van der Waals surface area (Å²) in [6, 6.07) is 18.0. The van der Waals surface area contributed by atoms with Crippen LogP contribution in [-0.4, -0.2) is 33.7 Å². The lowest BCUT2D eigenvalue weighted by molar-refractivity contribution is 0.0735. The van der Waals surface area contributed by atoms with Crippen molar-refractivity contribution in [3.8, 4) is 11.4 Å². The molecule has 0 saturated carbocycles. The van der Waals surface area contributed by atoms with Crippen LogP contribution in [0.15, 0.2) is 54.6 Å². The highest BCUT2D eigenvalue weighted by atomic mass is 16.5.